The zero-order chi connectivity index (χ0) is 20.4. The van der Waals surface area contributed by atoms with E-state index in [0.29, 0.717) is 10.7 Å². The number of rotatable bonds is 4. The summed E-state index contributed by atoms with van der Waals surface area (Å²) < 4.78 is 0. The monoisotopic (exact) mass is 413 g/mol. The van der Waals surface area contributed by atoms with E-state index >= 15 is 0 Å². The molecule has 2 aliphatic rings. The van der Waals surface area contributed by atoms with Gasteiger partial charge in [-0.15, -0.1) is 0 Å². The number of nitrogens with one attached hydrogen (secondary N) is 5. The van der Waals surface area contributed by atoms with Crippen LogP contribution in [0.4, 0.5) is 11.4 Å². The summed E-state index contributed by atoms with van der Waals surface area (Å²) in [6.45, 7) is 0. The fraction of sp³-hybridized carbons (Fsp3) is 0.250. The molecule has 9 heteroatoms. The third-order valence-corrected chi connectivity index (χ3v) is 5.24. The van der Waals surface area contributed by atoms with Crippen LogP contribution >= 0.6 is 11.6 Å². The first-order chi connectivity index (χ1) is 14.0. The van der Waals surface area contributed by atoms with E-state index in [2.05, 4.69) is 26.6 Å². The molecule has 2 aromatic carbocycles. The Morgan fingerprint density at radius 2 is 1.69 bits per heavy atom. The summed E-state index contributed by atoms with van der Waals surface area (Å²) in [5.41, 5.74) is 1.36. The zero-order valence-electron chi connectivity index (χ0n) is 15.3. The molecule has 0 bridgehead atoms. The SMILES string of the molecule is O=C1CC(C(=O)Nc2ccccc2)C2C(=O)NC(Nc3ccc(Cl)cc3)NC2N1. The lowest BCUT2D eigenvalue weighted by Gasteiger charge is -2.43. The maximum Gasteiger partial charge on any atom is 0.229 e. The molecule has 29 heavy (non-hydrogen) atoms. The van der Waals surface area contributed by atoms with Crippen LogP contribution in [0.1, 0.15) is 6.42 Å². The minimum absolute atomic E-state index is 0.0514. The molecule has 0 aliphatic carbocycles. The maximum atomic E-state index is 12.8. The molecule has 4 rings (SSSR count). The molecule has 0 radical (unpaired) electrons. The van der Waals surface area contributed by atoms with Crippen molar-refractivity contribution in [3.05, 3.63) is 59.6 Å². The minimum atomic E-state index is -0.780. The van der Waals surface area contributed by atoms with Gasteiger partial charge >= 0.3 is 0 Å². The van der Waals surface area contributed by atoms with Crippen molar-refractivity contribution in [1.29, 1.82) is 0 Å². The molecule has 0 saturated carbocycles. The van der Waals surface area contributed by atoms with Crippen LogP contribution in [0, 0.1) is 11.8 Å². The molecular formula is C20H20ClN5O3. The maximum absolute atomic E-state index is 12.8. The van der Waals surface area contributed by atoms with E-state index in [-0.39, 0.29) is 24.1 Å². The molecule has 3 amide bonds. The van der Waals surface area contributed by atoms with Crippen LogP contribution in [0.15, 0.2) is 54.6 Å². The van der Waals surface area contributed by atoms with Gasteiger partial charge in [-0.3, -0.25) is 19.7 Å². The van der Waals surface area contributed by atoms with Crippen molar-refractivity contribution in [2.45, 2.75) is 18.9 Å². The number of benzene rings is 2. The first-order valence-corrected chi connectivity index (χ1v) is 9.61. The molecular weight excluding hydrogens is 394 g/mol. The van der Waals surface area contributed by atoms with Gasteiger partial charge in [-0.2, -0.15) is 0 Å². The van der Waals surface area contributed by atoms with Gasteiger partial charge in [-0.25, -0.2) is 0 Å². The number of carbonyl (C=O) groups excluding carboxylic acids is 3. The van der Waals surface area contributed by atoms with Gasteiger partial charge < -0.3 is 21.3 Å². The molecule has 4 unspecified atom stereocenters. The number of hydrogen-bond acceptors (Lipinski definition) is 5. The van der Waals surface area contributed by atoms with Crippen molar-refractivity contribution >= 4 is 40.7 Å². The largest absolute Gasteiger partial charge is 0.353 e. The number of halogens is 1. The Labute approximate surface area is 172 Å². The van der Waals surface area contributed by atoms with Crippen molar-refractivity contribution in [3.8, 4) is 0 Å². The molecule has 2 heterocycles. The zero-order valence-corrected chi connectivity index (χ0v) is 16.1. The van der Waals surface area contributed by atoms with Crippen molar-refractivity contribution in [3.63, 3.8) is 0 Å². The minimum Gasteiger partial charge on any atom is -0.353 e. The van der Waals surface area contributed by atoms with Gasteiger partial charge in [-0.05, 0) is 36.4 Å². The van der Waals surface area contributed by atoms with E-state index in [1.165, 1.54) is 0 Å². The molecule has 0 aromatic heterocycles. The molecule has 2 saturated heterocycles. The van der Waals surface area contributed by atoms with Crippen molar-refractivity contribution < 1.29 is 14.4 Å². The van der Waals surface area contributed by atoms with Crippen LogP contribution in [-0.4, -0.2) is 30.2 Å². The summed E-state index contributed by atoms with van der Waals surface area (Å²) in [5.74, 6) is -2.46. The Bertz CT molecular complexity index is 921. The van der Waals surface area contributed by atoms with Gasteiger partial charge in [0.1, 0.15) is 0 Å². The van der Waals surface area contributed by atoms with Crippen LogP contribution in [-0.2, 0) is 14.4 Å². The van der Waals surface area contributed by atoms with E-state index in [1.807, 2.05) is 6.07 Å². The summed E-state index contributed by atoms with van der Waals surface area (Å²) >= 11 is 5.89. The third kappa shape index (κ3) is 4.33. The third-order valence-electron chi connectivity index (χ3n) is 4.98. The molecule has 150 valence electrons. The van der Waals surface area contributed by atoms with Crippen LogP contribution in [0.3, 0.4) is 0 Å². The first-order valence-electron chi connectivity index (χ1n) is 9.23. The van der Waals surface area contributed by atoms with Crippen molar-refractivity contribution in [2.75, 3.05) is 10.6 Å². The predicted molar refractivity (Wildman–Crippen MR) is 109 cm³/mol. The standard InChI is InChI=1S/C20H20ClN5O3/c21-11-6-8-13(9-7-11)23-20-25-17-16(19(29)26-20)14(10-15(27)24-17)18(28)22-12-4-2-1-3-5-12/h1-9,14,16-17,20,23,25H,10H2,(H,22,28)(H,24,27)(H,26,29). The molecule has 0 spiro atoms. The highest BCUT2D eigenvalue weighted by Gasteiger charge is 2.48. The highest BCUT2D eigenvalue weighted by atomic mass is 35.5. The van der Waals surface area contributed by atoms with Gasteiger partial charge in [0.2, 0.25) is 17.7 Å². The van der Waals surface area contributed by atoms with Crippen LogP contribution in [0.5, 0.6) is 0 Å². The number of carbonyl (C=O) groups is 3. The number of anilines is 2. The fourth-order valence-electron chi connectivity index (χ4n) is 3.62. The summed E-state index contributed by atoms with van der Waals surface area (Å²) in [5, 5.41) is 15.2. The van der Waals surface area contributed by atoms with E-state index in [1.54, 1.807) is 48.5 Å². The van der Waals surface area contributed by atoms with Crippen LogP contribution < -0.4 is 26.6 Å². The second-order valence-electron chi connectivity index (χ2n) is 7.00. The molecule has 2 aromatic rings. The predicted octanol–water partition coefficient (Wildman–Crippen LogP) is 1.47. The van der Waals surface area contributed by atoms with Crippen molar-refractivity contribution in [2.24, 2.45) is 11.8 Å². The van der Waals surface area contributed by atoms with Gasteiger partial charge in [0.15, 0.2) is 6.29 Å². The van der Waals surface area contributed by atoms with Gasteiger partial charge in [0, 0.05) is 22.8 Å². The van der Waals surface area contributed by atoms with Gasteiger partial charge in [-0.1, -0.05) is 29.8 Å². The molecule has 2 aliphatic heterocycles. The Kier molecular flexibility index (Phi) is 5.37. The second-order valence-corrected chi connectivity index (χ2v) is 7.43. The summed E-state index contributed by atoms with van der Waals surface area (Å²) in [4.78, 5) is 37.8. The van der Waals surface area contributed by atoms with E-state index in [9.17, 15) is 14.4 Å². The average molecular weight is 414 g/mol. The molecule has 2 fully saturated rings. The highest BCUT2D eigenvalue weighted by molar-refractivity contribution is 6.30. The Morgan fingerprint density at radius 3 is 2.41 bits per heavy atom. The summed E-state index contributed by atoms with van der Waals surface area (Å²) in [6.07, 6.45) is -1.33. The van der Waals surface area contributed by atoms with E-state index < -0.39 is 24.3 Å². The normalized spacial score (nSPS) is 26.0. The lowest BCUT2D eigenvalue weighted by atomic mass is 9.81. The van der Waals surface area contributed by atoms with Crippen molar-refractivity contribution in [1.82, 2.24) is 16.0 Å². The van der Waals surface area contributed by atoms with E-state index in [4.69, 9.17) is 11.6 Å². The van der Waals surface area contributed by atoms with Gasteiger partial charge in [0.25, 0.3) is 0 Å². The highest BCUT2D eigenvalue weighted by Crippen LogP contribution is 2.28. The summed E-state index contributed by atoms with van der Waals surface area (Å²) in [7, 11) is 0. The van der Waals surface area contributed by atoms with Gasteiger partial charge in [0.05, 0.1) is 18.0 Å². The lowest BCUT2D eigenvalue weighted by molar-refractivity contribution is -0.144. The molecule has 8 nitrogen and oxygen atoms in total. The Hall–Kier alpha value is -3.10. The molecule has 5 N–H and O–H groups in total. The number of fused-ring (bicyclic) bond motifs is 1. The smallest absolute Gasteiger partial charge is 0.229 e. The Balaban J connectivity index is 1.47. The number of piperidine rings is 1. The number of amides is 3. The second kappa shape index (κ2) is 8.10. The first kappa shape index (κ1) is 19.2. The topological polar surface area (TPSA) is 111 Å². The Morgan fingerprint density at radius 1 is 0.966 bits per heavy atom. The quantitative estimate of drug-likeness (QED) is 0.521. The average Bonchev–Trinajstić information content (AvgIpc) is 2.69. The fourth-order valence-corrected chi connectivity index (χ4v) is 3.75. The van der Waals surface area contributed by atoms with E-state index in [0.717, 1.165) is 5.69 Å². The molecule has 4 atom stereocenters. The number of para-hydroxylation sites is 1. The van der Waals surface area contributed by atoms with Crippen LogP contribution in [0.2, 0.25) is 5.02 Å². The lowest BCUT2D eigenvalue weighted by Crippen LogP contribution is -2.72. The number of hydrogen-bond donors (Lipinski definition) is 5. The van der Waals surface area contributed by atoms with Crippen LogP contribution in [0.25, 0.3) is 0 Å². The summed E-state index contributed by atoms with van der Waals surface area (Å²) in [6, 6.07) is 15.9.